The van der Waals surface area contributed by atoms with Crippen LogP contribution in [-0.2, 0) is 11.2 Å². The fourth-order valence-corrected chi connectivity index (χ4v) is 1.79. The fraction of sp³-hybridized carbons (Fsp3) is 0.357. The van der Waals surface area contributed by atoms with Crippen LogP contribution in [0.1, 0.15) is 31.9 Å². The van der Waals surface area contributed by atoms with Crippen LogP contribution in [0.3, 0.4) is 0 Å². The van der Waals surface area contributed by atoms with E-state index in [1.807, 2.05) is 19.1 Å². The minimum atomic E-state index is -0.427. The molecule has 0 aliphatic carbocycles. The van der Waals surface area contributed by atoms with E-state index in [1.165, 1.54) is 11.6 Å². The Morgan fingerprint density at radius 3 is 2.31 bits per heavy atom. The Labute approximate surface area is 102 Å². The summed E-state index contributed by atoms with van der Waals surface area (Å²) in [6, 6.07) is 8.27. The Morgan fingerprint density at radius 1 is 1.31 bits per heavy atom. The van der Waals surface area contributed by atoms with Crippen molar-refractivity contribution in [3.05, 3.63) is 41.5 Å². The average Bonchev–Trinajstić information content (AvgIpc) is 2.16. The zero-order chi connectivity index (χ0) is 12.1. The topological polar surface area (TPSA) is 17.1 Å². The molecule has 0 atom stereocenters. The molecular formula is C14H17ClO. The lowest BCUT2D eigenvalue weighted by molar-refractivity contribution is -0.107. The Morgan fingerprint density at radius 2 is 1.88 bits per heavy atom. The van der Waals surface area contributed by atoms with Gasteiger partial charge in [0.1, 0.15) is 0 Å². The summed E-state index contributed by atoms with van der Waals surface area (Å²) in [6.45, 7) is 6.29. The van der Waals surface area contributed by atoms with E-state index in [0.717, 1.165) is 17.6 Å². The SMILES string of the molecule is C/C(=C/C(=O)Cl)c1ccc(CC(C)C)cc1. The van der Waals surface area contributed by atoms with E-state index >= 15 is 0 Å². The van der Waals surface area contributed by atoms with Crippen LogP contribution in [0.25, 0.3) is 5.57 Å². The molecular weight excluding hydrogens is 220 g/mol. The van der Waals surface area contributed by atoms with Gasteiger partial charge in [-0.25, -0.2) is 0 Å². The number of allylic oxidation sites excluding steroid dienone is 2. The van der Waals surface area contributed by atoms with Crippen LogP contribution >= 0.6 is 11.6 Å². The van der Waals surface area contributed by atoms with Crippen molar-refractivity contribution < 1.29 is 4.79 Å². The maximum absolute atomic E-state index is 10.7. The molecule has 1 rings (SSSR count). The predicted octanol–water partition coefficient (Wildman–Crippen LogP) is 4.05. The van der Waals surface area contributed by atoms with Crippen LogP contribution in [0, 0.1) is 5.92 Å². The first-order chi connectivity index (χ1) is 7.49. The van der Waals surface area contributed by atoms with Crippen molar-refractivity contribution >= 4 is 22.4 Å². The van der Waals surface area contributed by atoms with Gasteiger partial charge in [-0.2, -0.15) is 0 Å². The number of carbonyl (C=O) groups excluding carboxylic acids is 1. The van der Waals surface area contributed by atoms with E-state index in [4.69, 9.17) is 11.6 Å². The van der Waals surface area contributed by atoms with Gasteiger partial charge in [0, 0.05) is 6.08 Å². The molecule has 86 valence electrons. The van der Waals surface area contributed by atoms with Gasteiger partial charge in [0.15, 0.2) is 0 Å². The molecule has 1 aromatic rings. The molecule has 0 amide bonds. The second-order valence-corrected chi connectivity index (χ2v) is 4.80. The van der Waals surface area contributed by atoms with Crippen LogP contribution in [0.15, 0.2) is 30.3 Å². The summed E-state index contributed by atoms with van der Waals surface area (Å²) in [5.41, 5.74) is 3.27. The summed E-state index contributed by atoms with van der Waals surface area (Å²) < 4.78 is 0. The van der Waals surface area contributed by atoms with Crippen LogP contribution in [0.5, 0.6) is 0 Å². The molecule has 0 heterocycles. The van der Waals surface area contributed by atoms with Gasteiger partial charge in [0.25, 0.3) is 0 Å². The largest absolute Gasteiger partial charge is 0.276 e. The smallest absolute Gasteiger partial charge is 0.245 e. The third-order valence-electron chi connectivity index (χ3n) is 2.38. The van der Waals surface area contributed by atoms with Gasteiger partial charge in [-0.3, -0.25) is 4.79 Å². The predicted molar refractivity (Wildman–Crippen MR) is 69.5 cm³/mol. The van der Waals surface area contributed by atoms with Crippen molar-refractivity contribution in [2.45, 2.75) is 27.2 Å². The van der Waals surface area contributed by atoms with Crippen molar-refractivity contribution in [2.24, 2.45) is 5.92 Å². The maximum Gasteiger partial charge on any atom is 0.245 e. The summed E-state index contributed by atoms with van der Waals surface area (Å²) >= 11 is 5.31. The summed E-state index contributed by atoms with van der Waals surface area (Å²) in [4.78, 5) is 10.7. The van der Waals surface area contributed by atoms with Crippen molar-refractivity contribution in [3.8, 4) is 0 Å². The summed E-state index contributed by atoms with van der Waals surface area (Å²) in [5.74, 6) is 0.659. The molecule has 0 spiro atoms. The Balaban J connectivity index is 2.82. The number of carbonyl (C=O) groups is 1. The second-order valence-electron chi connectivity index (χ2n) is 4.43. The number of benzene rings is 1. The van der Waals surface area contributed by atoms with E-state index in [1.54, 1.807) is 0 Å². The molecule has 0 saturated heterocycles. The third-order valence-corrected chi connectivity index (χ3v) is 2.49. The second kappa shape index (κ2) is 5.86. The average molecular weight is 237 g/mol. The zero-order valence-electron chi connectivity index (χ0n) is 9.96. The summed E-state index contributed by atoms with van der Waals surface area (Å²) in [6.07, 6.45) is 2.52. The molecule has 0 radical (unpaired) electrons. The lowest BCUT2D eigenvalue weighted by atomic mass is 10.00. The van der Waals surface area contributed by atoms with Crippen molar-refractivity contribution in [2.75, 3.05) is 0 Å². The molecule has 0 saturated carbocycles. The molecule has 0 fully saturated rings. The molecule has 0 aliphatic heterocycles. The highest BCUT2D eigenvalue weighted by Crippen LogP contribution is 2.16. The fourth-order valence-electron chi connectivity index (χ4n) is 1.63. The van der Waals surface area contributed by atoms with Gasteiger partial charge in [0.2, 0.25) is 5.24 Å². The van der Waals surface area contributed by atoms with E-state index in [2.05, 4.69) is 26.0 Å². The van der Waals surface area contributed by atoms with Crippen molar-refractivity contribution in [1.82, 2.24) is 0 Å². The van der Waals surface area contributed by atoms with Gasteiger partial charge in [-0.05, 0) is 47.6 Å². The van der Waals surface area contributed by atoms with Crippen LogP contribution in [-0.4, -0.2) is 5.24 Å². The first kappa shape index (κ1) is 13.0. The Bertz CT molecular complexity index is 388. The van der Waals surface area contributed by atoms with Crippen LogP contribution in [0.4, 0.5) is 0 Å². The highest BCUT2D eigenvalue weighted by molar-refractivity contribution is 6.66. The van der Waals surface area contributed by atoms with Gasteiger partial charge < -0.3 is 0 Å². The molecule has 0 unspecified atom stereocenters. The van der Waals surface area contributed by atoms with Gasteiger partial charge >= 0.3 is 0 Å². The quantitative estimate of drug-likeness (QED) is 0.569. The minimum absolute atomic E-state index is 0.427. The standard InChI is InChI=1S/C14H17ClO/c1-10(2)8-12-4-6-13(7-5-12)11(3)9-14(15)16/h4-7,9-10H,8H2,1-3H3/b11-9-. The number of hydrogen-bond donors (Lipinski definition) is 0. The van der Waals surface area contributed by atoms with Gasteiger partial charge in [-0.15, -0.1) is 0 Å². The van der Waals surface area contributed by atoms with E-state index in [9.17, 15) is 4.79 Å². The number of rotatable bonds is 4. The van der Waals surface area contributed by atoms with Gasteiger partial charge in [-0.1, -0.05) is 38.1 Å². The van der Waals surface area contributed by atoms with E-state index in [-0.39, 0.29) is 0 Å². The molecule has 2 heteroatoms. The van der Waals surface area contributed by atoms with Crippen molar-refractivity contribution in [1.29, 1.82) is 0 Å². The van der Waals surface area contributed by atoms with Gasteiger partial charge in [0.05, 0.1) is 0 Å². The summed E-state index contributed by atoms with van der Waals surface area (Å²) in [5, 5.41) is -0.427. The molecule has 0 bridgehead atoms. The lowest BCUT2D eigenvalue weighted by Crippen LogP contribution is -1.94. The lowest BCUT2D eigenvalue weighted by Gasteiger charge is -2.06. The molecule has 0 aliphatic rings. The number of hydrogen-bond acceptors (Lipinski definition) is 1. The van der Waals surface area contributed by atoms with Crippen LogP contribution in [0.2, 0.25) is 0 Å². The van der Waals surface area contributed by atoms with Crippen LogP contribution < -0.4 is 0 Å². The van der Waals surface area contributed by atoms with E-state index in [0.29, 0.717) is 5.92 Å². The third kappa shape index (κ3) is 4.19. The normalized spacial score (nSPS) is 11.9. The van der Waals surface area contributed by atoms with E-state index < -0.39 is 5.24 Å². The first-order valence-electron chi connectivity index (χ1n) is 5.46. The summed E-state index contributed by atoms with van der Waals surface area (Å²) in [7, 11) is 0. The zero-order valence-corrected chi connectivity index (χ0v) is 10.7. The Hall–Kier alpha value is -1.08. The highest BCUT2D eigenvalue weighted by Gasteiger charge is 2.00. The maximum atomic E-state index is 10.7. The first-order valence-corrected chi connectivity index (χ1v) is 5.84. The highest BCUT2D eigenvalue weighted by atomic mass is 35.5. The molecule has 0 N–H and O–H groups in total. The number of halogens is 1. The Kier molecular flexibility index (Phi) is 4.75. The molecule has 1 nitrogen and oxygen atoms in total. The molecule has 16 heavy (non-hydrogen) atoms. The van der Waals surface area contributed by atoms with Crippen molar-refractivity contribution in [3.63, 3.8) is 0 Å². The molecule has 0 aromatic heterocycles. The minimum Gasteiger partial charge on any atom is -0.276 e. The monoisotopic (exact) mass is 236 g/mol. The molecule has 1 aromatic carbocycles.